The normalized spacial score (nSPS) is 40.2. The molecular weight excluding hydrogens is 162 g/mol. The van der Waals surface area contributed by atoms with E-state index >= 15 is 0 Å². The van der Waals surface area contributed by atoms with Crippen LogP contribution in [0.15, 0.2) is 0 Å². The number of piperidine rings is 1. The third-order valence-corrected chi connectivity index (χ3v) is 3.62. The van der Waals surface area contributed by atoms with Gasteiger partial charge in [-0.15, -0.1) is 0 Å². The second-order valence-corrected chi connectivity index (χ2v) is 4.76. The number of hydrogen-bond acceptors (Lipinski definition) is 3. The van der Waals surface area contributed by atoms with Crippen LogP contribution < -0.4 is 11.3 Å². The maximum Gasteiger partial charge on any atom is 0.0240 e. The van der Waals surface area contributed by atoms with Crippen molar-refractivity contribution in [1.29, 1.82) is 0 Å². The number of nitrogens with one attached hydrogen (secondary N) is 1. The van der Waals surface area contributed by atoms with Crippen molar-refractivity contribution in [3.63, 3.8) is 0 Å². The highest BCUT2D eigenvalue weighted by molar-refractivity contribution is 4.98. The maximum atomic E-state index is 5.51. The van der Waals surface area contributed by atoms with Gasteiger partial charge in [-0.05, 0) is 39.5 Å². The zero-order valence-electron chi connectivity index (χ0n) is 8.66. The Bertz CT molecular complexity index is 167. The fourth-order valence-corrected chi connectivity index (χ4v) is 3.19. The molecule has 0 aromatic carbocycles. The quantitative estimate of drug-likeness (QED) is 0.493. The van der Waals surface area contributed by atoms with Crippen LogP contribution in [-0.2, 0) is 0 Å². The topological polar surface area (TPSA) is 41.3 Å². The Hall–Kier alpha value is -0.120. The molecule has 3 nitrogen and oxygen atoms in total. The Morgan fingerprint density at radius 1 is 1.23 bits per heavy atom. The lowest BCUT2D eigenvalue weighted by molar-refractivity contribution is 0.0851. The second kappa shape index (κ2) is 3.56. The molecule has 2 aliphatic rings. The number of hydrogen-bond donors (Lipinski definition) is 2. The molecule has 2 atom stereocenters. The Morgan fingerprint density at radius 3 is 2.15 bits per heavy atom. The minimum atomic E-state index is 0.562. The number of nitrogens with two attached hydrogens (primary N) is 1. The van der Waals surface area contributed by atoms with Crippen molar-refractivity contribution >= 4 is 0 Å². The number of fused-ring (bicyclic) bond motifs is 2. The average Bonchev–Trinajstić information content (AvgIpc) is 2.37. The van der Waals surface area contributed by atoms with Crippen molar-refractivity contribution < 1.29 is 0 Å². The maximum absolute atomic E-state index is 5.51. The van der Waals surface area contributed by atoms with Gasteiger partial charge in [0.2, 0.25) is 0 Å². The Balaban J connectivity index is 2.04. The molecule has 3 N–H and O–H groups in total. The van der Waals surface area contributed by atoms with E-state index in [1.165, 1.54) is 25.7 Å². The Labute approximate surface area is 80.6 Å². The molecule has 0 aliphatic carbocycles. The van der Waals surface area contributed by atoms with Crippen LogP contribution >= 0.6 is 0 Å². The van der Waals surface area contributed by atoms with Crippen molar-refractivity contribution in [2.45, 2.75) is 63.7 Å². The number of hydrazine groups is 1. The molecule has 2 unspecified atom stereocenters. The first-order chi connectivity index (χ1) is 6.22. The highest BCUT2D eigenvalue weighted by Gasteiger charge is 2.41. The van der Waals surface area contributed by atoms with Crippen molar-refractivity contribution in [3.8, 4) is 0 Å². The van der Waals surface area contributed by atoms with Crippen LogP contribution in [0.5, 0.6) is 0 Å². The van der Waals surface area contributed by atoms with E-state index in [2.05, 4.69) is 24.2 Å². The standard InChI is InChI=1S/C10H21N3/c1-7(2)13-9-3-4-10(13)6-8(5-9)12-11/h7-10,12H,3-6,11H2,1-2H3. The zero-order valence-corrected chi connectivity index (χ0v) is 8.66. The van der Waals surface area contributed by atoms with Gasteiger partial charge in [-0.2, -0.15) is 0 Å². The van der Waals surface area contributed by atoms with Gasteiger partial charge in [-0.1, -0.05) is 0 Å². The van der Waals surface area contributed by atoms with Gasteiger partial charge in [0, 0.05) is 24.2 Å². The minimum Gasteiger partial charge on any atom is -0.295 e. The molecule has 0 aromatic rings. The van der Waals surface area contributed by atoms with Gasteiger partial charge in [0.25, 0.3) is 0 Å². The van der Waals surface area contributed by atoms with Crippen molar-refractivity contribution in [3.05, 3.63) is 0 Å². The summed E-state index contributed by atoms with van der Waals surface area (Å²) in [5.74, 6) is 5.51. The molecule has 0 saturated carbocycles. The molecule has 2 heterocycles. The SMILES string of the molecule is CC(C)N1C2CCC1CC(NN)C2. The monoisotopic (exact) mass is 183 g/mol. The average molecular weight is 183 g/mol. The van der Waals surface area contributed by atoms with Crippen molar-refractivity contribution in [2.24, 2.45) is 5.84 Å². The molecule has 2 fully saturated rings. The fraction of sp³-hybridized carbons (Fsp3) is 1.00. The predicted octanol–water partition coefficient (Wildman–Crippen LogP) is 0.854. The predicted molar refractivity (Wildman–Crippen MR) is 54.1 cm³/mol. The van der Waals surface area contributed by atoms with Crippen LogP contribution in [-0.4, -0.2) is 29.1 Å². The molecule has 0 radical (unpaired) electrons. The summed E-state index contributed by atoms with van der Waals surface area (Å²) in [7, 11) is 0. The first-order valence-corrected chi connectivity index (χ1v) is 5.46. The van der Waals surface area contributed by atoms with Gasteiger partial charge in [0.05, 0.1) is 0 Å². The minimum absolute atomic E-state index is 0.562. The first-order valence-electron chi connectivity index (χ1n) is 5.46. The molecule has 0 amide bonds. The first kappa shape index (κ1) is 9.44. The lowest BCUT2D eigenvalue weighted by Gasteiger charge is -2.41. The third kappa shape index (κ3) is 1.60. The van der Waals surface area contributed by atoms with E-state index in [0.29, 0.717) is 12.1 Å². The lowest BCUT2D eigenvalue weighted by Crippen LogP contribution is -2.52. The van der Waals surface area contributed by atoms with Crippen LogP contribution in [0.3, 0.4) is 0 Å². The molecule has 13 heavy (non-hydrogen) atoms. The summed E-state index contributed by atoms with van der Waals surface area (Å²) in [4.78, 5) is 2.69. The van der Waals surface area contributed by atoms with Crippen LogP contribution in [0.1, 0.15) is 39.5 Å². The largest absolute Gasteiger partial charge is 0.295 e. The summed E-state index contributed by atoms with van der Waals surface area (Å²) in [6.45, 7) is 4.61. The molecule has 0 spiro atoms. The molecule has 2 bridgehead atoms. The summed E-state index contributed by atoms with van der Waals surface area (Å²) in [6.07, 6.45) is 5.23. The second-order valence-electron chi connectivity index (χ2n) is 4.76. The summed E-state index contributed by atoms with van der Waals surface area (Å²) in [5.41, 5.74) is 2.94. The smallest absolute Gasteiger partial charge is 0.0240 e. The summed E-state index contributed by atoms with van der Waals surface area (Å²) < 4.78 is 0. The van der Waals surface area contributed by atoms with Crippen molar-refractivity contribution in [1.82, 2.24) is 10.3 Å². The third-order valence-electron chi connectivity index (χ3n) is 3.62. The van der Waals surface area contributed by atoms with Crippen LogP contribution in [0.25, 0.3) is 0 Å². The Kier molecular flexibility index (Phi) is 2.58. The summed E-state index contributed by atoms with van der Waals surface area (Å²) in [6, 6.07) is 2.85. The number of rotatable bonds is 2. The van der Waals surface area contributed by atoms with Crippen LogP contribution in [0.2, 0.25) is 0 Å². The number of nitrogens with zero attached hydrogens (tertiary/aromatic N) is 1. The van der Waals surface area contributed by atoms with Gasteiger partial charge in [-0.25, -0.2) is 0 Å². The lowest BCUT2D eigenvalue weighted by atomic mass is 9.96. The fourth-order valence-electron chi connectivity index (χ4n) is 3.19. The van der Waals surface area contributed by atoms with E-state index < -0.39 is 0 Å². The van der Waals surface area contributed by atoms with E-state index in [9.17, 15) is 0 Å². The molecule has 76 valence electrons. The molecule has 2 rings (SSSR count). The van der Waals surface area contributed by atoms with Gasteiger partial charge in [0.15, 0.2) is 0 Å². The van der Waals surface area contributed by atoms with Gasteiger partial charge in [0.1, 0.15) is 0 Å². The van der Waals surface area contributed by atoms with E-state index in [4.69, 9.17) is 5.84 Å². The van der Waals surface area contributed by atoms with E-state index in [1.807, 2.05) is 0 Å². The molecule has 2 saturated heterocycles. The van der Waals surface area contributed by atoms with Crippen molar-refractivity contribution in [2.75, 3.05) is 0 Å². The molecule has 0 aromatic heterocycles. The summed E-state index contributed by atoms with van der Waals surface area (Å²) >= 11 is 0. The van der Waals surface area contributed by atoms with E-state index in [1.54, 1.807) is 0 Å². The van der Waals surface area contributed by atoms with E-state index in [-0.39, 0.29) is 0 Å². The zero-order chi connectivity index (χ0) is 9.42. The van der Waals surface area contributed by atoms with Gasteiger partial charge < -0.3 is 0 Å². The van der Waals surface area contributed by atoms with Gasteiger partial charge >= 0.3 is 0 Å². The summed E-state index contributed by atoms with van der Waals surface area (Å²) in [5, 5.41) is 0. The Morgan fingerprint density at radius 2 is 1.77 bits per heavy atom. The highest BCUT2D eigenvalue weighted by atomic mass is 15.3. The molecule has 3 heteroatoms. The van der Waals surface area contributed by atoms with E-state index in [0.717, 1.165) is 12.1 Å². The highest BCUT2D eigenvalue weighted by Crippen LogP contribution is 2.36. The molecular formula is C10H21N3. The van der Waals surface area contributed by atoms with Crippen LogP contribution in [0.4, 0.5) is 0 Å². The molecule has 2 aliphatic heterocycles. The van der Waals surface area contributed by atoms with Gasteiger partial charge in [-0.3, -0.25) is 16.2 Å². The van der Waals surface area contributed by atoms with Crippen LogP contribution in [0, 0.1) is 0 Å².